The van der Waals surface area contributed by atoms with Gasteiger partial charge in [0, 0.05) is 17.4 Å². The largest absolute Gasteiger partial charge is 0.324 e. The molecule has 1 N–H and O–H groups in total. The molecule has 0 saturated carbocycles. The SMILES string of the molecule is CCCCc1cc(=O)n(CC(=O)Nc2c(C)cccc2C)cn1. The Morgan fingerprint density at radius 1 is 1.26 bits per heavy atom. The van der Waals surface area contributed by atoms with Gasteiger partial charge < -0.3 is 5.32 Å². The molecule has 2 aromatic rings. The molecule has 0 atom stereocenters. The number of hydrogen-bond acceptors (Lipinski definition) is 3. The molecule has 122 valence electrons. The van der Waals surface area contributed by atoms with Crippen molar-refractivity contribution >= 4 is 11.6 Å². The van der Waals surface area contributed by atoms with Crippen LogP contribution < -0.4 is 10.9 Å². The van der Waals surface area contributed by atoms with Crippen molar-refractivity contribution in [2.45, 2.75) is 46.6 Å². The molecule has 0 saturated heterocycles. The average Bonchev–Trinajstić information content (AvgIpc) is 2.51. The highest BCUT2D eigenvalue weighted by Crippen LogP contribution is 2.19. The first-order valence-corrected chi connectivity index (χ1v) is 7.92. The number of carbonyl (C=O) groups excluding carboxylic acids is 1. The van der Waals surface area contributed by atoms with Gasteiger partial charge in [-0.3, -0.25) is 14.2 Å². The Morgan fingerprint density at radius 3 is 2.57 bits per heavy atom. The van der Waals surface area contributed by atoms with Crippen molar-refractivity contribution in [3.05, 3.63) is 57.8 Å². The summed E-state index contributed by atoms with van der Waals surface area (Å²) in [5.74, 6) is -0.229. The number of anilines is 1. The molecular weight excluding hydrogens is 290 g/mol. The van der Waals surface area contributed by atoms with Gasteiger partial charge in [-0.25, -0.2) is 4.98 Å². The predicted octanol–water partition coefficient (Wildman–Crippen LogP) is 2.84. The van der Waals surface area contributed by atoms with Crippen molar-refractivity contribution in [1.29, 1.82) is 0 Å². The minimum Gasteiger partial charge on any atom is -0.324 e. The summed E-state index contributed by atoms with van der Waals surface area (Å²) in [4.78, 5) is 28.5. The molecule has 0 unspecified atom stereocenters. The summed E-state index contributed by atoms with van der Waals surface area (Å²) < 4.78 is 1.33. The van der Waals surface area contributed by atoms with Crippen LogP contribution >= 0.6 is 0 Å². The minimum absolute atomic E-state index is 0.0341. The van der Waals surface area contributed by atoms with E-state index in [0.717, 1.165) is 41.8 Å². The second-order valence-corrected chi connectivity index (χ2v) is 5.76. The van der Waals surface area contributed by atoms with E-state index in [1.165, 1.54) is 17.0 Å². The Hall–Kier alpha value is -2.43. The molecule has 5 heteroatoms. The van der Waals surface area contributed by atoms with Gasteiger partial charge in [-0.15, -0.1) is 0 Å². The van der Waals surface area contributed by atoms with E-state index < -0.39 is 0 Å². The summed E-state index contributed by atoms with van der Waals surface area (Å²) in [6.45, 7) is 5.95. The van der Waals surface area contributed by atoms with Crippen LogP contribution in [0.2, 0.25) is 0 Å². The van der Waals surface area contributed by atoms with Crippen LogP contribution in [0.5, 0.6) is 0 Å². The summed E-state index contributed by atoms with van der Waals surface area (Å²) in [5.41, 5.74) is 3.39. The van der Waals surface area contributed by atoms with Crippen LogP contribution in [-0.2, 0) is 17.8 Å². The van der Waals surface area contributed by atoms with E-state index in [0.29, 0.717) is 0 Å². The first-order chi connectivity index (χ1) is 11.0. The molecular formula is C18H23N3O2. The number of nitrogens with one attached hydrogen (secondary N) is 1. The van der Waals surface area contributed by atoms with Gasteiger partial charge in [-0.2, -0.15) is 0 Å². The van der Waals surface area contributed by atoms with Crippen molar-refractivity contribution in [2.24, 2.45) is 0 Å². The van der Waals surface area contributed by atoms with Crippen LogP contribution in [0, 0.1) is 13.8 Å². The Kier molecular flexibility index (Phi) is 5.68. The van der Waals surface area contributed by atoms with E-state index in [1.54, 1.807) is 0 Å². The normalized spacial score (nSPS) is 10.6. The van der Waals surface area contributed by atoms with Crippen LogP contribution in [0.3, 0.4) is 0 Å². The molecule has 1 aromatic carbocycles. The van der Waals surface area contributed by atoms with E-state index in [1.807, 2.05) is 32.0 Å². The van der Waals surface area contributed by atoms with Gasteiger partial charge in [0.15, 0.2) is 0 Å². The highest BCUT2D eigenvalue weighted by Gasteiger charge is 2.09. The molecule has 0 radical (unpaired) electrons. The highest BCUT2D eigenvalue weighted by molar-refractivity contribution is 5.92. The molecule has 0 aliphatic carbocycles. The van der Waals surface area contributed by atoms with E-state index in [4.69, 9.17) is 0 Å². The number of nitrogens with zero attached hydrogens (tertiary/aromatic N) is 2. The molecule has 1 heterocycles. The molecule has 2 rings (SSSR count). The number of amides is 1. The van der Waals surface area contributed by atoms with Crippen molar-refractivity contribution in [3.8, 4) is 0 Å². The average molecular weight is 313 g/mol. The van der Waals surface area contributed by atoms with Gasteiger partial charge in [0.05, 0.1) is 6.33 Å². The summed E-state index contributed by atoms with van der Waals surface area (Å²) in [6.07, 6.45) is 4.31. The summed E-state index contributed by atoms with van der Waals surface area (Å²) in [7, 11) is 0. The summed E-state index contributed by atoms with van der Waals surface area (Å²) in [6, 6.07) is 7.35. The number of benzene rings is 1. The maximum Gasteiger partial charge on any atom is 0.253 e. The number of para-hydroxylation sites is 1. The zero-order valence-electron chi connectivity index (χ0n) is 13.9. The predicted molar refractivity (Wildman–Crippen MR) is 91.7 cm³/mol. The van der Waals surface area contributed by atoms with Gasteiger partial charge in [0.25, 0.3) is 5.56 Å². The standard InChI is InChI=1S/C18H23N3O2/c1-4-5-9-15-10-17(23)21(12-19-15)11-16(22)20-18-13(2)7-6-8-14(18)3/h6-8,10,12H,4-5,9,11H2,1-3H3,(H,20,22). The topological polar surface area (TPSA) is 64.0 Å². The molecule has 0 bridgehead atoms. The van der Waals surface area contributed by atoms with Crippen molar-refractivity contribution in [1.82, 2.24) is 9.55 Å². The third kappa shape index (κ3) is 4.52. The number of carbonyl (C=O) groups is 1. The lowest BCUT2D eigenvalue weighted by molar-refractivity contribution is -0.116. The molecule has 5 nitrogen and oxygen atoms in total. The fourth-order valence-corrected chi connectivity index (χ4v) is 2.42. The van der Waals surface area contributed by atoms with Gasteiger partial charge >= 0.3 is 0 Å². The third-order valence-corrected chi connectivity index (χ3v) is 3.78. The zero-order valence-corrected chi connectivity index (χ0v) is 13.9. The monoisotopic (exact) mass is 313 g/mol. The van der Waals surface area contributed by atoms with E-state index in [2.05, 4.69) is 17.2 Å². The number of aryl methyl sites for hydroxylation is 3. The lowest BCUT2D eigenvalue weighted by atomic mass is 10.1. The van der Waals surface area contributed by atoms with Crippen molar-refractivity contribution < 1.29 is 4.79 Å². The van der Waals surface area contributed by atoms with Crippen molar-refractivity contribution in [2.75, 3.05) is 5.32 Å². The third-order valence-electron chi connectivity index (χ3n) is 3.78. The Morgan fingerprint density at radius 2 is 1.96 bits per heavy atom. The minimum atomic E-state index is -0.229. The summed E-state index contributed by atoms with van der Waals surface area (Å²) >= 11 is 0. The zero-order chi connectivity index (χ0) is 16.8. The number of aromatic nitrogens is 2. The second-order valence-electron chi connectivity index (χ2n) is 5.76. The first-order valence-electron chi connectivity index (χ1n) is 7.92. The highest BCUT2D eigenvalue weighted by atomic mass is 16.2. The second kappa shape index (κ2) is 7.72. The Balaban J connectivity index is 2.07. The summed E-state index contributed by atoms with van der Waals surface area (Å²) in [5, 5.41) is 2.88. The van der Waals surface area contributed by atoms with Crippen LogP contribution in [0.15, 0.2) is 35.4 Å². The molecule has 0 fully saturated rings. The van der Waals surface area contributed by atoms with Crippen molar-refractivity contribution in [3.63, 3.8) is 0 Å². The fourth-order valence-electron chi connectivity index (χ4n) is 2.42. The number of rotatable bonds is 6. The first kappa shape index (κ1) is 16.9. The van der Waals surface area contributed by atoms with E-state index in [-0.39, 0.29) is 18.0 Å². The van der Waals surface area contributed by atoms with Crippen LogP contribution in [0.4, 0.5) is 5.69 Å². The molecule has 1 amide bonds. The lowest BCUT2D eigenvalue weighted by Crippen LogP contribution is -2.28. The van der Waals surface area contributed by atoms with Gasteiger partial charge in [0.2, 0.25) is 5.91 Å². The van der Waals surface area contributed by atoms with Gasteiger partial charge in [-0.1, -0.05) is 31.5 Å². The quantitative estimate of drug-likeness (QED) is 0.892. The lowest BCUT2D eigenvalue weighted by Gasteiger charge is -2.12. The fraction of sp³-hybridized carbons (Fsp3) is 0.389. The number of unbranched alkanes of at least 4 members (excludes halogenated alkanes) is 1. The van der Waals surface area contributed by atoms with Crippen LogP contribution in [0.25, 0.3) is 0 Å². The van der Waals surface area contributed by atoms with E-state index in [9.17, 15) is 9.59 Å². The van der Waals surface area contributed by atoms with Gasteiger partial charge in [-0.05, 0) is 37.8 Å². The van der Waals surface area contributed by atoms with E-state index >= 15 is 0 Å². The number of hydrogen-bond donors (Lipinski definition) is 1. The van der Waals surface area contributed by atoms with Crippen LogP contribution in [-0.4, -0.2) is 15.5 Å². The maximum absolute atomic E-state index is 12.2. The molecule has 0 aliphatic heterocycles. The smallest absolute Gasteiger partial charge is 0.253 e. The Bertz CT molecular complexity index is 730. The maximum atomic E-state index is 12.2. The molecule has 23 heavy (non-hydrogen) atoms. The van der Waals surface area contributed by atoms with Crippen LogP contribution in [0.1, 0.15) is 36.6 Å². The Labute approximate surface area is 136 Å². The molecule has 0 aliphatic rings. The van der Waals surface area contributed by atoms with Gasteiger partial charge in [0.1, 0.15) is 6.54 Å². The molecule has 0 spiro atoms. The molecule has 1 aromatic heterocycles.